The minimum Gasteiger partial charge on any atom is -0.383 e. The number of nitrogens with zero attached hydrogens (tertiary/aromatic N) is 2. The maximum Gasteiger partial charge on any atom is 0.159 e. The zero-order valence-electron chi connectivity index (χ0n) is 12.2. The Hall–Kier alpha value is -2.24. The highest BCUT2D eigenvalue weighted by atomic mass is 19.2. The van der Waals surface area contributed by atoms with E-state index >= 15 is 0 Å². The molecule has 0 saturated carbocycles. The molecule has 1 aromatic carbocycles. The van der Waals surface area contributed by atoms with Gasteiger partial charge in [-0.05, 0) is 24.6 Å². The van der Waals surface area contributed by atoms with E-state index in [4.69, 9.17) is 5.73 Å². The van der Waals surface area contributed by atoms with Crippen LogP contribution in [0.3, 0.4) is 0 Å². The maximum atomic E-state index is 13.2. The summed E-state index contributed by atoms with van der Waals surface area (Å²) in [6.45, 7) is 6.09. The van der Waals surface area contributed by atoms with Crippen molar-refractivity contribution in [3.63, 3.8) is 0 Å². The molecule has 1 heterocycles. The molecule has 2 aromatic rings. The van der Waals surface area contributed by atoms with Crippen LogP contribution in [0.25, 0.3) is 0 Å². The molecule has 21 heavy (non-hydrogen) atoms. The maximum absolute atomic E-state index is 13.2. The van der Waals surface area contributed by atoms with Crippen LogP contribution in [0.1, 0.15) is 36.7 Å². The fraction of sp³-hybridized carbons (Fsp3) is 0.333. The molecule has 0 radical (unpaired) electrons. The van der Waals surface area contributed by atoms with Gasteiger partial charge in [0.1, 0.15) is 17.5 Å². The molecule has 2 rings (SSSR count). The first kappa shape index (κ1) is 15.2. The molecule has 0 bridgehead atoms. The van der Waals surface area contributed by atoms with Crippen molar-refractivity contribution in [1.82, 2.24) is 9.97 Å². The number of nitrogens with one attached hydrogen (secondary N) is 1. The third-order valence-electron chi connectivity index (χ3n) is 3.16. The molecule has 0 aliphatic heterocycles. The monoisotopic (exact) mass is 292 g/mol. The van der Waals surface area contributed by atoms with E-state index in [-0.39, 0.29) is 5.92 Å². The first-order valence-corrected chi connectivity index (χ1v) is 6.70. The van der Waals surface area contributed by atoms with Crippen molar-refractivity contribution < 1.29 is 8.78 Å². The lowest BCUT2D eigenvalue weighted by atomic mass is 10.2. The van der Waals surface area contributed by atoms with Gasteiger partial charge in [0.05, 0.1) is 0 Å². The average molecular weight is 292 g/mol. The van der Waals surface area contributed by atoms with Gasteiger partial charge in [-0.25, -0.2) is 18.7 Å². The smallest absolute Gasteiger partial charge is 0.159 e. The van der Waals surface area contributed by atoms with E-state index in [2.05, 4.69) is 15.3 Å². The predicted molar refractivity (Wildman–Crippen MR) is 79.0 cm³/mol. The summed E-state index contributed by atoms with van der Waals surface area (Å²) in [4.78, 5) is 8.65. The summed E-state index contributed by atoms with van der Waals surface area (Å²) in [5.41, 5.74) is 7.23. The van der Waals surface area contributed by atoms with Gasteiger partial charge in [-0.2, -0.15) is 0 Å². The molecule has 0 atom stereocenters. The van der Waals surface area contributed by atoms with Crippen LogP contribution in [0.2, 0.25) is 0 Å². The van der Waals surface area contributed by atoms with Crippen LogP contribution in [0.4, 0.5) is 20.4 Å². The number of hydrogen-bond acceptors (Lipinski definition) is 4. The second-order valence-corrected chi connectivity index (χ2v) is 5.20. The largest absolute Gasteiger partial charge is 0.383 e. The first-order chi connectivity index (χ1) is 9.88. The van der Waals surface area contributed by atoms with Crippen molar-refractivity contribution in [3.8, 4) is 0 Å². The Balaban J connectivity index is 2.21. The van der Waals surface area contributed by atoms with Gasteiger partial charge in [0.15, 0.2) is 11.6 Å². The van der Waals surface area contributed by atoms with Gasteiger partial charge in [0.2, 0.25) is 0 Å². The Kier molecular flexibility index (Phi) is 4.35. The van der Waals surface area contributed by atoms with E-state index in [1.165, 1.54) is 6.07 Å². The molecule has 0 unspecified atom stereocenters. The van der Waals surface area contributed by atoms with Gasteiger partial charge < -0.3 is 11.1 Å². The topological polar surface area (TPSA) is 63.8 Å². The number of anilines is 2. The van der Waals surface area contributed by atoms with E-state index in [1.54, 1.807) is 0 Å². The Morgan fingerprint density at radius 2 is 1.90 bits per heavy atom. The summed E-state index contributed by atoms with van der Waals surface area (Å²) in [6.07, 6.45) is 0. The van der Waals surface area contributed by atoms with Gasteiger partial charge >= 0.3 is 0 Å². The molecule has 1 aromatic heterocycles. The molecule has 112 valence electrons. The number of aromatic nitrogens is 2. The van der Waals surface area contributed by atoms with Gasteiger partial charge in [-0.1, -0.05) is 19.9 Å². The summed E-state index contributed by atoms with van der Waals surface area (Å²) in [5.74, 6) is 0.0967. The lowest BCUT2D eigenvalue weighted by molar-refractivity contribution is 0.507. The SMILES string of the molecule is Cc1c(N)nc(C(C)C)nc1NCc1ccc(F)c(F)c1. The summed E-state index contributed by atoms with van der Waals surface area (Å²) in [6, 6.07) is 3.79. The number of hydrogen-bond donors (Lipinski definition) is 2. The van der Waals surface area contributed by atoms with Crippen LogP contribution in [0, 0.1) is 18.6 Å². The molecule has 0 spiro atoms. The van der Waals surface area contributed by atoms with E-state index < -0.39 is 11.6 Å². The summed E-state index contributed by atoms with van der Waals surface area (Å²) >= 11 is 0. The first-order valence-electron chi connectivity index (χ1n) is 6.70. The van der Waals surface area contributed by atoms with Crippen molar-refractivity contribution >= 4 is 11.6 Å². The molecule has 3 N–H and O–H groups in total. The van der Waals surface area contributed by atoms with Crippen molar-refractivity contribution in [3.05, 3.63) is 46.8 Å². The molecule has 4 nitrogen and oxygen atoms in total. The summed E-state index contributed by atoms with van der Waals surface area (Å²) in [7, 11) is 0. The third kappa shape index (κ3) is 3.45. The van der Waals surface area contributed by atoms with E-state index in [9.17, 15) is 8.78 Å². The fourth-order valence-corrected chi connectivity index (χ4v) is 1.82. The van der Waals surface area contributed by atoms with Gasteiger partial charge in [0, 0.05) is 18.0 Å². The highest BCUT2D eigenvalue weighted by Crippen LogP contribution is 2.21. The molecular formula is C15H18F2N4. The third-order valence-corrected chi connectivity index (χ3v) is 3.16. The molecule has 6 heteroatoms. The van der Waals surface area contributed by atoms with Crippen LogP contribution < -0.4 is 11.1 Å². The molecule has 0 fully saturated rings. The van der Waals surface area contributed by atoms with E-state index in [0.29, 0.717) is 29.6 Å². The quantitative estimate of drug-likeness (QED) is 0.906. The lowest BCUT2D eigenvalue weighted by Gasteiger charge is -2.13. The molecule has 0 aliphatic rings. The average Bonchev–Trinajstić information content (AvgIpc) is 2.43. The fourth-order valence-electron chi connectivity index (χ4n) is 1.82. The second-order valence-electron chi connectivity index (χ2n) is 5.20. The minimum absolute atomic E-state index is 0.150. The zero-order valence-corrected chi connectivity index (χ0v) is 12.2. The number of nitrogen functional groups attached to an aromatic ring is 1. The standard InChI is InChI=1S/C15H18F2N4/c1-8(2)14-20-13(18)9(3)15(21-14)19-7-10-4-5-11(16)12(17)6-10/h4-6,8H,7H2,1-3H3,(H3,18,19,20,21). The number of benzene rings is 1. The Morgan fingerprint density at radius 1 is 1.19 bits per heavy atom. The van der Waals surface area contributed by atoms with Crippen molar-refractivity contribution in [2.45, 2.75) is 33.2 Å². The Bertz CT molecular complexity index is 656. The molecule has 0 aliphatic carbocycles. The van der Waals surface area contributed by atoms with Crippen LogP contribution in [0.5, 0.6) is 0 Å². The zero-order chi connectivity index (χ0) is 15.6. The van der Waals surface area contributed by atoms with E-state index in [1.807, 2.05) is 20.8 Å². The Labute approximate surface area is 122 Å². The van der Waals surface area contributed by atoms with Gasteiger partial charge in [-0.3, -0.25) is 0 Å². The highest BCUT2D eigenvalue weighted by molar-refractivity contribution is 5.55. The van der Waals surface area contributed by atoms with Crippen LogP contribution in [-0.2, 0) is 6.54 Å². The molecule has 0 saturated heterocycles. The van der Waals surface area contributed by atoms with Crippen molar-refractivity contribution in [2.75, 3.05) is 11.1 Å². The van der Waals surface area contributed by atoms with Crippen LogP contribution >= 0.6 is 0 Å². The van der Waals surface area contributed by atoms with Crippen LogP contribution in [0.15, 0.2) is 18.2 Å². The van der Waals surface area contributed by atoms with Gasteiger partial charge in [0.25, 0.3) is 0 Å². The van der Waals surface area contributed by atoms with E-state index in [0.717, 1.165) is 17.7 Å². The number of nitrogens with two attached hydrogens (primary N) is 1. The molecular weight excluding hydrogens is 274 g/mol. The second kappa shape index (κ2) is 6.03. The summed E-state index contributed by atoms with van der Waals surface area (Å²) < 4.78 is 26.1. The highest BCUT2D eigenvalue weighted by Gasteiger charge is 2.11. The van der Waals surface area contributed by atoms with Crippen molar-refractivity contribution in [1.29, 1.82) is 0 Å². The predicted octanol–water partition coefficient (Wildman–Crippen LogP) is 3.38. The van der Waals surface area contributed by atoms with Gasteiger partial charge in [-0.15, -0.1) is 0 Å². The normalized spacial score (nSPS) is 11.0. The lowest BCUT2D eigenvalue weighted by Crippen LogP contribution is -2.10. The van der Waals surface area contributed by atoms with Crippen LogP contribution in [-0.4, -0.2) is 9.97 Å². The molecule has 0 amide bonds. The Morgan fingerprint density at radius 3 is 2.52 bits per heavy atom. The number of halogens is 2. The van der Waals surface area contributed by atoms with Crippen molar-refractivity contribution in [2.24, 2.45) is 0 Å². The summed E-state index contributed by atoms with van der Waals surface area (Å²) in [5, 5.41) is 3.09. The number of rotatable bonds is 4. The minimum atomic E-state index is -0.865.